The second-order valence-electron chi connectivity index (χ2n) is 10.4. The fraction of sp³-hybridized carbons (Fsp3) is 0. The van der Waals surface area contributed by atoms with Gasteiger partial charge >= 0.3 is 0 Å². The van der Waals surface area contributed by atoms with E-state index in [1.807, 2.05) is 53.8 Å². The minimum atomic E-state index is 0.607. The van der Waals surface area contributed by atoms with Crippen LogP contribution in [0.5, 0.6) is 0 Å². The van der Waals surface area contributed by atoms with Crippen LogP contribution in [0, 0.1) is 0 Å². The highest BCUT2D eigenvalue weighted by Crippen LogP contribution is 2.46. The first-order chi connectivity index (χ1) is 20.8. The molecule has 0 radical (unpaired) electrons. The normalized spacial score (nSPS) is 11.8. The van der Waals surface area contributed by atoms with Gasteiger partial charge in [-0.1, -0.05) is 60.7 Å². The van der Waals surface area contributed by atoms with Crippen molar-refractivity contribution in [3.63, 3.8) is 0 Å². The van der Waals surface area contributed by atoms with Crippen LogP contribution in [0.2, 0.25) is 0 Å². The van der Waals surface area contributed by atoms with Crippen LogP contribution in [0.3, 0.4) is 0 Å². The lowest BCUT2D eigenvalue weighted by Gasteiger charge is -2.26. The first kappa shape index (κ1) is 23.3. The van der Waals surface area contributed by atoms with Crippen molar-refractivity contribution in [2.75, 3.05) is 4.90 Å². The maximum Gasteiger partial charge on any atom is 0.227 e. The third kappa shape index (κ3) is 3.51. The fourth-order valence-corrected chi connectivity index (χ4v) is 7.16. The van der Waals surface area contributed by atoms with Gasteiger partial charge in [0.15, 0.2) is 5.58 Å². The Bertz CT molecular complexity index is 2420. The molecule has 0 bridgehead atoms. The molecule has 0 saturated heterocycles. The van der Waals surface area contributed by atoms with Gasteiger partial charge in [-0.15, -0.1) is 11.3 Å². The molecule has 0 aliphatic rings. The molecule has 42 heavy (non-hydrogen) atoms. The van der Waals surface area contributed by atoms with Crippen molar-refractivity contribution < 1.29 is 8.83 Å². The average Bonchev–Trinajstić information content (AvgIpc) is 3.75. The molecular weight excluding hydrogens is 536 g/mol. The number of aromatic nitrogens is 1. The van der Waals surface area contributed by atoms with E-state index in [1.165, 1.54) is 20.2 Å². The first-order valence-corrected chi connectivity index (χ1v) is 14.7. The second kappa shape index (κ2) is 9.06. The number of rotatable bonds is 4. The average molecular weight is 559 g/mol. The molecule has 3 aromatic heterocycles. The molecule has 3 heterocycles. The smallest absolute Gasteiger partial charge is 0.227 e. The van der Waals surface area contributed by atoms with Gasteiger partial charge < -0.3 is 13.7 Å². The van der Waals surface area contributed by atoms with Crippen LogP contribution >= 0.6 is 11.3 Å². The van der Waals surface area contributed by atoms with Gasteiger partial charge in [0, 0.05) is 48.6 Å². The van der Waals surface area contributed by atoms with Crippen molar-refractivity contribution >= 4 is 81.6 Å². The second-order valence-corrected chi connectivity index (χ2v) is 11.5. The Labute approximate surface area is 244 Å². The van der Waals surface area contributed by atoms with E-state index in [1.54, 1.807) is 0 Å². The van der Waals surface area contributed by atoms with Crippen LogP contribution < -0.4 is 4.90 Å². The van der Waals surface area contributed by atoms with Gasteiger partial charge in [0.2, 0.25) is 5.89 Å². The number of anilines is 3. The summed E-state index contributed by atoms with van der Waals surface area (Å²) in [5.41, 5.74) is 7.35. The summed E-state index contributed by atoms with van der Waals surface area (Å²) in [6.07, 6.45) is 0. The van der Waals surface area contributed by atoms with E-state index in [4.69, 9.17) is 13.8 Å². The van der Waals surface area contributed by atoms with Crippen LogP contribution in [0.25, 0.3) is 64.7 Å². The Morgan fingerprint density at radius 1 is 0.524 bits per heavy atom. The first-order valence-electron chi connectivity index (χ1n) is 13.9. The third-order valence-corrected chi connectivity index (χ3v) is 9.03. The number of fused-ring (bicyclic) bond motifs is 8. The van der Waals surface area contributed by atoms with Gasteiger partial charge in [0.25, 0.3) is 0 Å². The van der Waals surface area contributed by atoms with Crippen molar-refractivity contribution in [2.45, 2.75) is 0 Å². The van der Waals surface area contributed by atoms with Crippen LogP contribution in [0.15, 0.2) is 142 Å². The van der Waals surface area contributed by atoms with Crippen molar-refractivity contribution in [3.05, 3.63) is 133 Å². The molecule has 0 aliphatic heterocycles. The van der Waals surface area contributed by atoms with Crippen molar-refractivity contribution in [1.82, 2.24) is 4.98 Å². The predicted molar refractivity (Wildman–Crippen MR) is 174 cm³/mol. The zero-order chi connectivity index (χ0) is 27.6. The molecule has 0 unspecified atom stereocenters. The number of thiophene rings is 1. The van der Waals surface area contributed by atoms with Crippen LogP contribution in [-0.2, 0) is 0 Å². The molecule has 6 aromatic carbocycles. The van der Waals surface area contributed by atoms with Gasteiger partial charge in [-0.3, -0.25) is 0 Å². The number of nitrogens with zero attached hydrogens (tertiary/aromatic N) is 2. The lowest BCUT2D eigenvalue weighted by molar-refractivity contribution is 0.619. The SMILES string of the molecule is c1ccc(-c2nc3c(ccc4oc5cc(N(c6ccccc6)c6cccc7sc8ccccc8c67)ccc5c43)o2)cc1. The summed E-state index contributed by atoms with van der Waals surface area (Å²) < 4.78 is 15.2. The van der Waals surface area contributed by atoms with Gasteiger partial charge in [-0.2, -0.15) is 0 Å². The molecule has 0 saturated carbocycles. The minimum Gasteiger partial charge on any atom is -0.456 e. The van der Waals surface area contributed by atoms with E-state index in [9.17, 15) is 0 Å². The maximum absolute atomic E-state index is 6.47. The van der Waals surface area contributed by atoms with E-state index in [2.05, 4.69) is 95.9 Å². The van der Waals surface area contributed by atoms with Gasteiger partial charge in [0.05, 0.1) is 11.1 Å². The Hall–Kier alpha value is -5.39. The highest BCUT2D eigenvalue weighted by molar-refractivity contribution is 7.26. The molecule has 0 amide bonds. The van der Waals surface area contributed by atoms with E-state index in [0.717, 1.165) is 55.7 Å². The van der Waals surface area contributed by atoms with E-state index in [-0.39, 0.29) is 0 Å². The zero-order valence-corrected chi connectivity index (χ0v) is 23.1. The Morgan fingerprint density at radius 2 is 1.29 bits per heavy atom. The number of benzene rings is 6. The summed E-state index contributed by atoms with van der Waals surface area (Å²) in [6, 6.07) is 46.1. The largest absolute Gasteiger partial charge is 0.456 e. The van der Waals surface area contributed by atoms with E-state index >= 15 is 0 Å². The van der Waals surface area contributed by atoms with Crippen LogP contribution in [0.1, 0.15) is 0 Å². The topological polar surface area (TPSA) is 42.4 Å². The van der Waals surface area contributed by atoms with E-state index < -0.39 is 0 Å². The van der Waals surface area contributed by atoms with Crippen molar-refractivity contribution in [1.29, 1.82) is 0 Å². The maximum atomic E-state index is 6.47. The highest BCUT2D eigenvalue weighted by Gasteiger charge is 2.21. The summed E-state index contributed by atoms with van der Waals surface area (Å²) >= 11 is 1.83. The molecule has 0 spiro atoms. The molecular formula is C37H22N2O2S. The molecule has 0 fully saturated rings. The van der Waals surface area contributed by atoms with Crippen molar-refractivity contribution in [3.8, 4) is 11.5 Å². The zero-order valence-electron chi connectivity index (χ0n) is 22.3. The Balaban J connectivity index is 1.27. The Kier molecular flexibility index (Phi) is 5.03. The Morgan fingerprint density at radius 3 is 2.17 bits per heavy atom. The number of para-hydroxylation sites is 1. The lowest BCUT2D eigenvalue weighted by Crippen LogP contribution is -2.10. The molecule has 9 rings (SSSR count). The molecule has 0 aliphatic carbocycles. The number of hydrogen-bond acceptors (Lipinski definition) is 5. The standard InChI is InChI=1S/C37H22N2O2S/c1-3-10-23(11-4-1)37-38-36-30(41-37)21-20-29-35(36)26-19-18-25(22-31(26)40-29)39(24-12-5-2-6-13-24)28-15-9-17-33-34(28)27-14-7-8-16-32(27)42-33/h1-22H. The third-order valence-electron chi connectivity index (χ3n) is 7.89. The summed E-state index contributed by atoms with van der Waals surface area (Å²) in [6.45, 7) is 0. The van der Waals surface area contributed by atoms with Gasteiger partial charge in [-0.25, -0.2) is 4.98 Å². The molecule has 4 nitrogen and oxygen atoms in total. The molecule has 5 heteroatoms. The van der Waals surface area contributed by atoms with Crippen LogP contribution in [-0.4, -0.2) is 4.98 Å². The highest BCUT2D eigenvalue weighted by atomic mass is 32.1. The summed E-state index contributed by atoms with van der Waals surface area (Å²) in [5.74, 6) is 0.607. The summed E-state index contributed by atoms with van der Waals surface area (Å²) in [5, 5.41) is 4.50. The van der Waals surface area contributed by atoms with E-state index in [0.29, 0.717) is 5.89 Å². The quantitative estimate of drug-likeness (QED) is 0.215. The number of hydrogen-bond donors (Lipinski definition) is 0. The monoisotopic (exact) mass is 558 g/mol. The molecule has 0 N–H and O–H groups in total. The predicted octanol–water partition coefficient (Wildman–Crippen LogP) is 11.2. The molecule has 198 valence electrons. The summed E-state index contributed by atoms with van der Waals surface area (Å²) in [7, 11) is 0. The minimum absolute atomic E-state index is 0.607. The summed E-state index contributed by atoms with van der Waals surface area (Å²) in [4.78, 5) is 7.23. The number of furan rings is 1. The van der Waals surface area contributed by atoms with Crippen LogP contribution in [0.4, 0.5) is 17.1 Å². The van der Waals surface area contributed by atoms with Crippen molar-refractivity contribution in [2.24, 2.45) is 0 Å². The molecule has 0 atom stereocenters. The molecule has 9 aromatic rings. The lowest BCUT2D eigenvalue weighted by atomic mass is 10.1. The van der Waals surface area contributed by atoms with Gasteiger partial charge in [0.1, 0.15) is 16.7 Å². The fourth-order valence-electron chi connectivity index (χ4n) is 6.03. The van der Waals surface area contributed by atoms with Gasteiger partial charge in [-0.05, 0) is 66.7 Å². The number of oxazole rings is 1.